The van der Waals surface area contributed by atoms with Crippen LogP contribution in [0.2, 0.25) is 0 Å². The Morgan fingerprint density at radius 2 is 1.85 bits per heavy atom. The van der Waals surface area contributed by atoms with E-state index in [9.17, 15) is 13.2 Å². The van der Waals surface area contributed by atoms with Crippen LogP contribution in [-0.4, -0.2) is 0 Å². The minimum absolute atomic E-state index is 0.0260. The van der Waals surface area contributed by atoms with Crippen LogP contribution in [0.1, 0.15) is 11.1 Å². The van der Waals surface area contributed by atoms with Gasteiger partial charge in [-0.3, -0.25) is 0 Å². The second kappa shape index (κ2) is 3.53. The highest BCUT2D eigenvalue weighted by molar-refractivity contribution is 9.10. The molecular formula is C8H6BrF3S. The van der Waals surface area contributed by atoms with Gasteiger partial charge in [0.15, 0.2) is 0 Å². The Kier molecular flexibility index (Phi) is 2.97. The fourth-order valence-corrected chi connectivity index (χ4v) is 1.71. The van der Waals surface area contributed by atoms with Gasteiger partial charge in [-0.2, -0.15) is 13.2 Å². The first-order chi connectivity index (χ1) is 5.84. The number of benzene rings is 1. The minimum atomic E-state index is -4.33. The Morgan fingerprint density at radius 1 is 1.31 bits per heavy atom. The van der Waals surface area contributed by atoms with Crippen molar-refractivity contribution in [3.63, 3.8) is 0 Å². The number of hydrogen-bond acceptors (Lipinski definition) is 1. The molecule has 5 heteroatoms. The van der Waals surface area contributed by atoms with Crippen LogP contribution in [-0.2, 0) is 6.18 Å². The van der Waals surface area contributed by atoms with E-state index in [0.29, 0.717) is 10.0 Å². The lowest BCUT2D eigenvalue weighted by molar-refractivity contribution is -0.139. The van der Waals surface area contributed by atoms with Crippen molar-refractivity contribution in [1.29, 1.82) is 0 Å². The molecule has 0 aliphatic rings. The molecule has 0 spiro atoms. The molecule has 0 amide bonds. The van der Waals surface area contributed by atoms with Gasteiger partial charge >= 0.3 is 6.18 Å². The van der Waals surface area contributed by atoms with Crippen molar-refractivity contribution >= 4 is 28.6 Å². The molecule has 0 fully saturated rings. The fraction of sp³-hybridized carbons (Fsp3) is 0.250. The van der Waals surface area contributed by atoms with E-state index in [4.69, 9.17) is 0 Å². The predicted octanol–water partition coefficient (Wildman–Crippen LogP) is 4.07. The van der Waals surface area contributed by atoms with Crippen LogP contribution in [0.3, 0.4) is 0 Å². The molecule has 0 atom stereocenters. The summed E-state index contributed by atoms with van der Waals surface area (Å²) in [5.41, 5.74) is -0.199. The molecule has 0 saturated heterocycles. The maximum Gasteiger partial charge on any atom is 0.417 e. The molecule has 0 aromatic heterocycles. The number of rotatable bonds is 0. The topological polar surface area (TPSA) is 0 Å². The van der Waals surface area contributed by atoms with Crippen LogP contribution in [0, 0.1) is 6.92 Å². The summed E-state index contributed by atoms with van der Waals surface area (Å²) in [6, 6.07) is 2.39. The van der Waals surface area contributed by atoms with Gasteiger partial charge in [-0.25, -0.2) is 0 Å². The zero-order chi connectivity index (χ0) is 10.2. The average Bonchev–Trinajstić information content (AvgIpc) is 1.98. The molecule has 1 aromatic carbocycles. The normalized spacial score (nSPS) is 11.8. The van der Waals surface area contributed by atoms with Crippen molar-refractivity contribution in [2.45, 2.75) is 18.0 Å². The van der Waals surface area contributed by atoms with Crippen LogP contribution in [0.15, 0.2) is 21.5 Å². The zero-order valence-electron chi connectivity index (χ0n) is 6.61. The molecule has 1 rings (SSSR count). The molecule has 72 valence electrons. The molecule has 0 aliphatic heterocycles. The first-order valence-electron chi connectivity index (χ1n) is 3.39. The second-order valence-electron chi connectivity index (χ2n) is 2.57. The predicted molar refractivity (Wildman–Crippen MR) is 51.1 cm³/mol. The van der Waals surface area contributed by atoms with Gasteiger partial charge in [-0.05, 0) is 24.6 Å². The van der Waals surface area contributed by atoms with Gasteiger partial charge in [0.2, 0.25) is 0 Å². The molecule has 13 heavy (non-hydrogen) atoms. The van der Waals surface area contributed by atoms with E-state index in [0.717, 1.165) is 6.07 Å². The van der Waals surface area contributed by atoms with Crippen LogP contribution in [0.4, 0.5) is 13.2 Å². The van der Waals surface area contributed by atoms with Crippen LogP contribution < -0.4 is 0 Å². The summed E-state index contributed by atoms with van der Waals surface area (Å²) in [4.78, 5) is -0.0260. The van der Waals surface area contributed by atoms with E-state index in [1.807, 2.05) is 0 Å². The van der Waals surface area contributed by atoms with Gasteiger partial charge < -0.3 is 0 Å². The SMILES string of the molecule is Cc1c(Br)ccc(C(F)(F)F)c1S. The molecule has 0 radical (unpaired) electrons. The number of thiol groups is 1. The zero-order valence-corrected chi connectivity index (χ0v) is 9.09. The summed E-state index contributed by atoms with van der Waals surface area (Å²) in [6.07, 6.45) is -4.33. The summed E-state index contributed by atoms with van der Waals surface area (Å²) in [7, 11) is 0. The maximum absolute atomic E-state index is 12.3. The highest BCUT2D eigenvalue weighted by atomic mass is 79.9. The lowest BCUT2D eigenvalue weighted by atomic mass is 10.1. The summed E-state index contributed by atoms with van der Waals surface area (Å²) in [5, 5.41) is 0. The number of hydrogen-bond donors (Lipinski definition) is 1. The molecule has 1 aromatic rings. The standard InChI is InChI=1S/C8H6BrF3S/c1-4-6(9)3-2-5(7(4)13)8(10,11)12/h2-3,13H,1H3. The van der Waals surface area contributed by atoms with Crippen molar-refractivity contribution in [3.8, 4) is 0 Å². The van der Waals surface area contributed by atoms with E-state index in [1.165, 1.54) is 6.07 Å². The van der Waals surface area contributed by atoms with Crippen LogP contribution in [0.5, 0.6) is 0 Å². The van der Waals surface area contributed by atoms with Gasteiger partial charge in [-0.1, -0.05) is 15.9 Å². The van der Waals surface area contributed by atoms with Crippen molar-refractivity contribution in [3.05, 3.63) is 27.7 Å². The smallest absolute Gasteiger partial charge is 0.166 e. The molecule has 0 saturated carbocycles. The van der Waals surface area contributed by atoms with E-state index in [1.54, 1.807) is 6.92 Å². The van der Waals surface area contributed by atoms with Crippen molar-refractivity contribution in [2.75, 3.05) is 0 Å². The average molecular weight is 271 g/mol. The van der Waals surface area contributed by atoms with Crippen molar-refractivity contribution < 1.29 is 13.2 Å². The Morgan fingerprint density at radius 3 is 2.31 bits per heavy atom. The van der Waals surface area contributed by atoms with Gasteiger partial charge in [0.05, 0.1) is 5.56 Å². The maximum atomic E-state index is 12.3. The highest BCUT2D eigenvalue weighted by Gasteiger charge is 2.33. The second-order valence-corrected chi connectivity index (χ2v) is 3.87. The highest BCUT2D eigenvalue weighted by Crippen LogP contribution is 2.37. The fourth-order valence-electron chi connectivity index (χ4n) is 0.904. The number of halogens is 4. The minimum Gasteiger partial charge on any atom is -0.166 e. The lowest BCUT2D eigenvalue weighted by Crippen LogP contribution is -2.07. The largest absolute Gasteiger partial charge is 0.417 e. The molecule has 0 unspecified atom stereocenters. The molecule has 0 N–H and O–H groups in total. The van der Waals surface area contributed by atoms with Crippen LogP contribution >= 0.6 is 28.6 Å². The third-order valence-corrected chi connectivity index (χ3v) is 3.11. The Balaban J connectivity index is 3.35. The van der Waals surface area contributed by atoms with Gasteiger partial charge in [0, 0.05) is 9.37 Å². The van der Waals surface area contributed by atoms with Gasteiger partial charge in [-0.15, -0.1) is 12.6 Å². The van der Waals surface area contributed by atoms with Gasteiger partial charge in [0.1, 0.15) is 0 Å². The summed E-state index contributed by atoms with van der Waals surface area (Å²) >= 11 is 6.96. The monoisotopic (exact) mass is 270 g/mol. The Hall–Kier alpha value is -0.160. The summed E-state index contributed by atoms with van der Waals surface area (Å²) in [6.45, 7) is 1.58. The van der Waals surface area contributed by atoms with E-state index >= 15 is 0 Å². The van der Waals surface area contributed by atoms with E-state index < -0.39 is 11.7 Å². The molecule has 0 bridgehead atoms. The van der Waals surface area contributed by atoms with Crippen molar-refractivity contribution in [2.24, 2.45) is 0 Å². The lowest BCUT2D eigenvalue weighted by Gasteiger charge is -2.12. The third-order valence-electron chi connectivity index (χ3n) is 1.67. The molecule has 0 heterocycles. The molecule has 0 aliphatic carbocycles. The summed E-state index contributed by atoms with van der Waals surface area (Å²) in [5.74, 6) is 0. The molecular weight excluding hydrogens is 265 g/mol. The molecule has 0 nitrogen and oxygen atoms in total. The van der Waals surface area contributed by atoms with E-state index in [-0.39, 0.29) is 4.90 Å². The number of alkyl halides is 3. The first kappa shape index (κ1) is 10.9. The van der Waals surface area contributed by atoms with Crippen LogP contribution in [0.25, 0.3) is 0 Å². The van der Waals surface area contributed by atoms with Crippen molar-refractivity contribution in [1.82, 2.24) is 0 Å². The summed E-state index contributed by atoms with van der Waals surface area (Å²) < 4.78 is 37.5. The Bertz CT molecular complexity index is 333. The van der Waals surface area contributed by atoms with Gasteiger partial charge in [0.25, 0.3) is 0 Å². The Labute approximate surface area is 87.7 Å². The quantitative estimate of drug-likeness (QED) is 0.676. The third kappa shape index (κ3) is 2.20. The van der Waals surface area contributed by atoms with E-state index in [2.05, 4.69) is 28.6 Å². The first-order valence-corrected chi connectivity index (χ1v) is 4.63.